The van der Waals surface area contributed by atoms with Crippen LogP contribution in [0.15, 0.2) is 24.4 Å². The van der Waals surface area contributed by atoms with E-state index in [0.29, 0.717) is 24.6 Å². The lowest BCUT2D eigenvalue weighted by Gasteiger charge is -2.24. The van der Waals surface area contributed by atoms with E-state index < -0.39 is 0 Å². The average molecular weight is 303 g/mol. The van der Waals surface area contributed by atoms with Crippen LogP contribution in [0.3, 0.4) is 0 Å². The number of benzene rings is 1. The largest absolute Gasteiger partial charge is 0.469 e. The molecular weight excluding hydrogens is 282 g/mol. The molecule has 2 aromatic rings. The molecule has 2 rings (SSSR count). The standard InChI is InChI=1S/C16H21N3O3/c1-11(2)10-19(8-7-14(20)22-3)16(21)13-6-4-5-12-9-17-18-15(12)13/h4-6,9,11H,7-8,10H2,1-3H3,(H,17,18). The van der Waals surface area contributed by atoms with E-state index >= 15 is 0 Å². The Kier molecular flexibility index (Phi) is 5.14. The van der Waals surface area contributed by atoms with Crippen molar-refractivity contribution >= 4 is 22.8 Å². The molecule has 1 aromatic carbocycles. The molecule has 0 aliphatic heterocycles. The fourth-order valence-electron chi connectivity index (χ4n) is 2.36. The molecule has 0 aliphatic carbocycles. The third-order valence-corrected chi connectivity index (χ3v) is 3.39. The van der Waals surface area contributed by atoms with Gasteiger partial charge in [0.25, 0.3) is 5.91 Å². The Balaban J connectivity index is 2.24. The minimum Gasteiger partial charge on any atom is -0.469 e. The predicted molar refractivity (Wildman–Crippen MR) is 83.5 cm³/mol. The van der Waals surface area contributed by atoms with E-state index in [-0.39, 0.29) is 18.3 Å². The van der Waals surface area contributed by atoms with Crippen molar-refractivity contribution in [1.29, 1.82) is 0 Å². The molecule has 0 saturated carbocycles. The van der Waals surface area contributed by atoms with Crippen LogP contribution in [0.2, 0.25) is 0 Å². The number of para-hydroxylation sites is 1. The highest BCUT2D eigenvalue weighted by molar-refractivity contribution is 6.05. The van der Waals surface area contributed by atoms with Gasteiger partial charge < -0.3 is 9.64 Å². The van der Waals surface area contributed by atoms with Crippen molar-refractivity contribution in [2.24, 2.45) is 5.92 Å². The fourth-order valence-corrected chi connectivity index (χ4v) is 2.36. The first kappa shape index (κ1) is 16.0. The van der Waals surface area contributed by atoms with E-state index in [4.69, 9.17) is 0 Å². The number of carbonyl (C=O) groups excluding carboxylic acids is 2. The number of carbonyl (C=O) groups is 2. The lowest BCUT2D eigenvalue weighted by atomic mass is 10.1. The summed E-state index contributed by atoms with van der Waals surface area (Å²) in [6, 6.07) is 5.50. The molecule has 0 radical (unpaired) electrons. The molecule has 0 spiro atoms. The zero-order chi connectivity index (χ0) is 16.1. The van der Waals surface area contributed by atoms with E-state index in [0.717, 1.165) is 10.9 Å². The van der Waals surface area contributed by atoms with Gasteiger partial charge in [-0.2, -0.15) is 5.10 Å². The Morgan fingerprint density at radius 2 is 2.14 bits per heavy atom. The molecule has 1 aromatic heterocycles. The second kappa shape index (κ2) is 7.06. The lowest BCUT2D eigenvalue weighted by Crippen LogP contribution is -2.36. The van der Waals surface area contributed by atoms with Gasteiger partial charge in [-0.05, 0) is 12.0 Å². The third-order valence-electron chi connectivity index (χ3n) is 3.39. The van der Waals surface area contributed by atoms with Gasteiger partial charge in [0, 0.05) is 18.5 Å². The van der Waals surface area contributed by atoms with E-state index in [1.165, 1.54) is 7.11 Å². The number of amides is 1. The number of ether oxygens (including phenoxy) is 1. The molecule has 0 aliphatic rings. The molecule has 6 nitrogen and oxygen atoms in total. The number of fused-ring (bicyclic) bond motifs is 1. The summed E-state index contributed by atoms with van der Waals surface area (Å²) in [7, 11) is 1.35. The molecule has 118 valence electrons. The van der Waals surface area contributed by atoms with Crippen LogP contribution in [0.5, 0.6) is 0 Å². The first-order valence-corrected chi connectivity index (χ1v) is 7.31. The maximum Gasteiger partial charge on any atom is 0.307 e. The summed E-state index contributed by atoms with van der Waals surface area (Å²) < 4.78 is 4.66. The topological polar surface area (TPSA) is 75.3 Å². The first-order valence-electron chi connectivity index (χ1n) is 7.31. The van der Waals surface area contributed by atoms with Crippen LogP contribution < -0.4 is 0 Å². The zero-order valence-corrected chi connectivity index (χ0v) is 13.1. The molecular formula is C16H21N3O3. The second-order valence-corrected chi connectivity index (χ2v) is 5.61. The maximum absolute atomic E-state index is 12.8. The molecule has 1 N–H and O–H groups in total. The van der Waals surface area contributed by atoms with E-state index in [1.807, 2.05) is 26.0 Å². The van der Waals surface area contributed by atoms with Crippen molar-refractivity contribution in [1.82, 2.24) is 15.1 Å². The fraction of sp³-hybridized carbons (Fsp3) is 0.438. The molecule has 1 heterocycles. The van der Waals surface area contributed by atoms with Crippen LogP contribution in [-0.2, 0) is 9.53 Å². The number of nitrogens with zero attached hydrogens (tertiary/aromatic N) is 2. The Labute approximate surface area is 129 Å². The van der Waals surface area contributed by atoms with Gasteiger partial charge >= 0.3 is 5.97 Å². The molecule has 0 saturated heterocycles. The van der Waals surface area contributed by atoms with Gasteiger partial charge in [0.05, 0.1) is 30.8 Å². The van der Waals surface area contributed by atoms with Crippen molar-refractivity contribution < 1.29 is 14.3 Å². The van der Waals surface area contributed by atoms with Gasteiger partial charge in [0.1, 0.15) is 0 Å². The van der Waals surface area contributed by atoms with Crippen molar-refractivity contribution in [3.05, 3.63) is 30.0 Å². The zero-order valence-electron chi connectivity index (χ0n) is 13.1. The Morgan fingerprint density at radius 3 is 2.82 bits per heavy atom. The first-order chi connectivity index (χ1) is 10.5. The predicted octanol–water partition coefficient (Wildman–Crippen LogP) is 2.22. The number of aromatic nitrogens is 2. The number of methoxy groups -OCH3 is 1. The van der Waals surface area contributed by atoms with Crippen LogP contribution in [-0.4, -0.2) is 47.2 Å². The maximum atomic E-state index is 12.8. The Bertz CT molecular complexity index is 663. The number of hydrogen-bond acceptors (Lipinski definition) is 4. The van der Waals surface area contributed by atoms with Gasteiger partial charge in [0.2, 0.25) is 0 Å². The molecule has 22 heavy (non-hydrogen) atoms. The Morgan fingerprint density at radius 1 is 1.36 bits per heavy atom. The molecule has 0 bridgehead atoms. The highest BCUT2D eigenvalue weighted by Gasteiger charge is 2.20. The van der Waals surface area contributed by atoms with E-state index in [2.05, 4.69) is 14.9 Å². The van der Waals surface area contributed by atoms with Crippen molar-refractivity contribution in [2.75, 3.05) is 20.2 Å². The summed E-state index contributed by atoms with van der Waals surface area (Å²) >= 11 is 0. The number of nitrogens with one attached hydrogen (secondary N) is 1. The van der Waals surface area contributed by atoms with E-state index in [9.17, 15) is 9.59 Å². The number of rotatable bonds is 6. The van der Waals surface area contributed by atoms with Crippen LogP contribution in [0.4, 0.5) is 0 Å². The minimum absolute atomic E-state index is 0.104. The normalized spacial score (nSPS) is 10.9. The third kappa shape index (κ3) is 3.63. The average Bonchev–Trinajstić information content (AvgIpc) is 2.98. The SMILES string of the molecule is COC(=O)CCN(CC(C)C)C(=O)c1cccc2cn[nH]c12. The summed E-state index contributed by atoms with van der Waals surface area (Å²) in [6.07, 6.45) is 1.88. The smallest absolute Gasteiger partial charge is 0.307 e. The van der Waals surface area contributed by atoms with Crippen molar-refractivity contribution in [2.45, 2.75) is 20.3 Å². The summed E-state index contributed by atoms with van der Waals surface area (Å²) in [5.41, 5.74) is 1.29. The van der Waals surface area contributed by atoms with Crippen LogP contribution in [0.25, 0.3) is 10.9 Å². The minimum atomic E-state index is -0.318. The second-order valence-electron chi connectivity index (χ2n) is 5.61. The number of hydrogen-bond donors (Lipinski definition) is 1. The van der Waals surface area contributed by atoms with Crippen molar-refractivity contribution in [3.63, 3.8) is 0 Å². The molecule has 0 atom stereocenters. The molecule has 1 amide bonds. The van der Waals surface area contributed by atoms with Crippen LogP contribution in [0.1, 0.15) is 30.6 Å². The number of H-pyrrole nitrogens is 1. The number of esters is 1. The van der Waals surface area contributed by atoms with Gasteiger partial charge in [0.15, 0.2) is 0 Å². The van der Waals surface area contributed by atoms with Gasteiger partial charge in [-0.15, -0.1) is 0 Å². The van der Waals surface area contributed by atoms with Crippen LogP contribution >= 0.6 is 0 Å². The quantitative estimate of drug-likeness (QED) is 0.830. The summed E-state index contributed by atoms with van der Waals surface area (Å²) in [6.45, 7) is 5.00. The van der Waals surface area contributed by atoms with Crippen molar-refractivity contribution in [3.8, 4) is 0 Å². The molecule has 6 heteroatoms. The Hall–Kier alpha value is -2.37. The summed E-state index contributed by atoms with van der Waals surface area (Å²) in [5, 5.41) is 7.74. The molecule has 0 unspecified atom stereocenters. The van der Waals surface area contributed by atoms with E-state index in [1.54, 1.807) is 17.2 Å². The molecule has 0 fully saturated rings. The van der Waals surface area contributed by atoms with Gasteiger partial charge in [-0.25, -0.2) is 0 Å². The number of aromatic amines is 1. The highest BCUT2D eigenvalue weighted by Crippen LogP contribution is 2.18. The lowest BCUT2D eigenvalue weighted by molar-refractivity contribution is -0.140. The van der Waals surface area contributed by atoms with Crippen LogP contribution in [0, 0.1) is 5.92 Å². The van der Waals surface area contributed by atoms with Gasteiger partial charge in [-0.3, -0.25) is 14.7 Å². The summed E-state index contributed by atoms with van der Waals surface area (Å²) in [5.74, 6) is -0.115. The monoisotopic (exact) mass is 303 g/mol. The highest BCUT2D eigenvalue weighted by atomic mass is 16.5. The summed E-state index contributed by atoms with van der Waals surface area (Å²) in [4.78, 5) is 25.9. The van der Waals surface area contributed by atoms with Gasteiger partial charge in [-0.1, -0.05) is 26.0 Å².